The van der Waals surface area contributed by atoms with E-state index in [1.54, 1.807) is 43.0 Å². The number of carbonyl (C=O) groups is 3. The molecular formula is C25H30ClN3O5S. The van der Waals surface area contributed by atoms with Gasteiger partial charge in [-0.3, -0.25) is 14.4 Å². The van der Waals surface area contributed by atoms with Crippen molar-refractivity contribution in [2.75, 3.05) is 26.2 Å². The van der Waals surface area contributed by atoms with Gasteiger partial charge in [0.25, 0.3) is 0 Å². The van der Waals surface area contributed by atoms with Crippen LogP contribution in [0.4, 0.5) is 0 Å². The second kappa shape index (κ2) is 10.2. The van der Waals surface area contributed by atoms with Crippen LogP contribution < -0.4 is 0 Å². The van der Waals surface area contributed by atoms with Crippen LogP contribution in [0.3, 0.4) is 0 Å². The van der Waals surface area contributed by atoms with E-state index in [0.717, 1.165) is 22.5 Å². The first-order chi connectivity index (χ1) is 16.6. The summed E-state index contributed by atoms with van der Waals surface area (Å²) in [6, 6.07) is 8.08. The molecule has 2 atom stereocenters. The third kappa shape index (κ3) is 5.08. The van der Waals surface area contributed by atoms with Crippen LogP contribution in [0.25, 0.3) is 10.8 Å². The highest BCUT2D eigenvalue weighted by Gasteiger charge is 2.45. The van der Waals surface area contributed by atoms with Crippen molar-refractivity contribution in [3.63, 3.8) is 0 Å². The number of carbonyl (C=O) groups excluding carboxylic acids is 3. The Morgan fingerprint density at radius 1 is 1.09 bits per heavy atom. The Balaban J connectivity index is 1.64. The lowest BCUT2D eigenvalue weighted by Crippen LogP contribution is -2.51. The number of fused-ring (bicyclic) bond motifs is 1. The number of hydrogen-bond donors (Lipinski definition) is 0. The molecule has 2 fully saturated rings. The quantitative estimate of drug-likeness (QED) is 0.534. The van der Waals surface area contributed by atoms with E-state index in [1.165, 1.54) is 17.0 Å². The van der Waals surface area contributed by atoms with Crippen molar-refractivity contribution >= 4 is 50.0 Å². The first-order valence-corrected chi connectivity index (χ1v) is 13.8. The molecule has 2 aromatic rings. The van der Waals surface area contributed by atoms with E-state index in [0.29, 0.717) is 23.5 Å². The topological polar surface area (TPSA) is 95.1 Å². The molecule has 188 valence electrons. The molecular weight excluding hydrogens is 490 g/mol. The van der Waals surface area contributed by atoms with Gasteiger partial charge in [0.1, 0.15) is 17.9 Å². The van der Waals surface area contributed by atoms with E-state index >= 15 is 0 Å². The molecule has 0 N–H and O–H groups in total. The number of likely N-dealkylation sites (tertiary alicyclic amines) is 2. The summed E-state index contributed by atoms with van der Waals surface area (Å²) in [6.45, 7) is 4.56. The van der Waals surface area contributed by atoms with Gasteiger partial charge in [-0.25, -0.2) is 8.42 Å². The second-order valence-electron chi connectivity index (χ2n) is 9.14. The van der Waals surface area contributed by atoms with Crippen molar-refractivity contribution in [1.82, 2.24) is 14.1 Å². The smallest absolute Gasteiger partial charge is 0.245 e. The van der Waals surface area contributed by atoms with E-state index in [9.17, 15) is 22.8 Å². The van der Waals surface area contributed by atoms with Crippen LogP contribution in [0.5, 0.6) is 0 Å². The van der Waals surface area contributed by atoms with Crippen LogP contribution in [0.1, 0.15) is 39.5 Å². The number of hydrogen-bond acceptors (Lipinski definition) is 5. The summed E-state index contributed by atoms with van der Waals surface area (Å²) in [7, 11) is -4.17. The molecule has 8 nitrogen and oxygen atoms in total. The molecule has 10 heteroatoms. The van der Waals surface area contributed by atoms with E-state index in [4.69, 9.17) is 11.6 Å². The molecule has 0 aliphatic carbocycles. The molecule has 35 heavy (non-hydrogen) atoms. The molecule has 0 bridgehead atoms. The average molecular weight is 520 g/mol. The minimum atomic E-state index is -4.17. The Hall–Kier alpha value is -2.49. The van der Waals surface area contributed by atoms with Crippen LogP contribution in [0, 0.1) is 0 Å². The van der Waals surface area contributed by atoms with Gasteiger partial charge >= 0.3 is 0 Å². The monoisotopic (exact) mass is 519 g/mol. The summed E-state index contributed by atoms with van der Waals surface area (Å²) in [6.07, 6.45) is 2.25. The van der Waals surface area contributed by atoms with Gasteiger partial charge in [-0.2, -0.15) is 4.31 Å². The minimum Gasteiger partial charge on any atom is -0.341 e. The maximum atomic E-state index is 13.7. The maximum Gasteiger partial charge on any atom is 0.245 e. The van der Waals surface area contributed by atoms with Crippen molar-refractivity contribution in [1.29, 1.82) is 0 Å². The third-order valence-corrected chi connectivity index (χ3v) is 8.99. The lowest BCUT2D eigenvalue weighted by molar-refractivity contribution is -0.143. The molecule has 0 aromatic heterocycles. The number of nitrogens with zero attached hydrogens (tertiary/aromatic N) is 3. The molecule has 2 aliphatic heterocycles. The van der Waals surface area contributed by atoms with Crippen molar-refractivity contribution < 1.29 is 22.8 Å². The number of Topliss-reactive ketones (excluding diaryl/α,β-unsaturated/α-hetero) is 1. The first kappa shape index (κ1) is 25.6. The van der Waals surface area contributed by atoms with Gasteiger partial charge < -0.3 is 9.80 Å². The second-order valence-corrected chi connectivity index (χ2v) is 11.5. The van der Waals surface area contributed by atoms with Crippen LogP contribution in [0.15, 0.2) is 41.3 Å². The van der Waals surface area contributed by atoms with Gasteiger partial charge in [-0.15, -0.1) is 0 Å². The zero-order valence-corrected chi connectivity index (χ0v) is 21.5. The molecule has 4 rings (SSSR count). The normalized spacial score (nSPS) is 19.7. The summed E-state index contributed by atoms with van der Waals surface area (Å²) in [5, 5.41) is 2.00. The number of halogens is 1. The maximum absolute atomic E-state index is 13.7. The van der Waals surface area contributed by atoms with Gasteiger partial charge in [-0.1, -0.05) is 30.7 Å². The standard InChI is InChI=1S/C25H30ClN3O5S/c1-3-21(30)16-29(35(33,34)22-9-7-18-14-20(26)8-6-19(18)15-22)23-10-13-28(25(23)32)17(2)24(31)27-11-4-5-12-27/h6-9,14-15,17,23H,3-5,10-13,16H2,1-2H3. The van der Waals surface area contributed by atoms with Crippen molar-refractivity contribution in [2.24, 2.45) is 0 Å². The fourth-order valence-corrected chi connectivity index (χ4v) is 6.62. The highest BCUT2D eigenvalue weighted by atomic mass is 35.5. The number of benzene rings is 2. The summed E-state index contributed by atoms with van der Waals surface area (Å²) in [5.41, 5.74) is 0. The highest BCUT2D eigenvalue weighted by Crippen LogP contribution is 2.29. The first-order valence-electron chi connectivity index (χ1n) is 12.0. The molecule has 0 spiro atoms. The SMILES string of the molecule is CCC(=O)CN(C1CCN(C(C)C(=O)N2CCCC2)C1=O)S(=O)(=O)c1ccc2cc(Cl)ccc2c1. The lowest BCUT2D eigenvalue weighted by atomic mass is 10.1. The van der Waals surface area contributed by atoms with Gasteiger partial charge in [0.2, 0.25) is 21.8 Å². The van der Waals surface area contributed by atoms with E-state index in [-0.39, 0.29) is 36.0 Å². The van der Waals surface area contributed by atoms with Crippen molar-refractivity contribution in [3.8, 4) is 0 Å². The zero-order chi connectivity index (χ0) is 25.3. The average Bonchev–Trinajstić information content (AvgIpc) is 3.51. The van der Waals surface area contributed by atoms with Crippen LogP contribution in [-0.2, 0) is 24.4 Å². The van der Waals surface area contributed by atoms with Crippen LogP contribution in [0.2, 0.25) is 5.02 Å². The predicted octanol–water partition coefficient (Wildman–Crippen LogP) is 3.07. The largest absolute Gasteiger partial charge is 0.341 e. The molecule has 2 amide bonds. The van der Waals surface area contributed by atoms with E-state index in [1.807, 2.05) is 0 Å². The Labute approximate surface area is 210 Å². The molecule has 2 saturated heterocycles. The van der Waals surface area contributed by atoms with Crippen molar-refractivity contribution in [3.05, 3.63) is 41.4 Å². The van der Waals surface area contributed by atoms with Gasteiger partial charge in [0.05, 0.1) is 11.4 Å². The summed E-state index contributed by atoms with van der Waals surface area (Å²) >= 11 is 6.04. The van der Waals surface area contributed by atoms with E-state index < -0.39 is 34.6 Å². The fourth-order valence-electron chi connectivity index (χ4n) is 4.81. The summed E-state index contributed by atoms with van der Waals surface area (Å²) in [4.78, 5) is 41.9. The molecule has 2 heterocycles. The molecule has 2 aliphatic rings. The number of ketones is 1. The van der Waals surface area contributed by atoms with Gasteiger partial charge in [0.15, 0.2) is 0 Å². The highest BCUT2D eigenvalue weighted by molar-refractivity contribution is 7.89. The lowest BCUT2D eigenvalue weighted by Gasteiger charge is -2.30. The predicted molar refractivity (Wildman–Crippen MR) is 134 cm³/mol. The number of rotatable bonds is 8. The Morgan fingerprint density at radius 2 is 1.74 bits per heavy atom. The summed E-state index contributed by atoms with van der Waals surface area (Å²) < 4.78 is 28.5. The minimum absolute atomic E-state index is 0.00340. The van der Waals surface area contributed by atoms with Crippen molar-refractivity contribution in [2.45, 2.75) is 56.5 Å². The van der Waals surface area contributed by atoms with Gasteiger partial charge in [-0.05, 0) is 61.2 Å². The fraction of sp³-hybridized carbons (Fsp3) is 0.480. The van der Waals surface area contributed by atoms with E-state index in [2.05, 4.69) is 0 Å². The number of amides is 2. The molecule has 0 radical (unpaired) electrons. The Morgan fingerprint density at radius 3 is 2.43 bits per heavy atom. The van der Waals surface area contributed by atoms with Crippen LogP contribution >= 0.6 is 11.6 Å². The number of sulfonamides is 1. The van der Waals surface area contributed by atoms with Crippen LogP contribution in [-0.4, -0.2) is 78.4 Å². The zero-order valence-electron chi connectivity index (χ0n) is 19.9. The van der Waals surface area contributed by atoms with Gasteiger partial charge in [0, 0.05) is 31.1 Å². The molecule has 2 aromatic carbocycles. The molecule has 0 saturated carbocycles. The summed E-state index contributed by atoms with van der Waals surface area (Å²) in [5.74, 6) is -0.845. The third-order valence-electron chi connectivity index (χ3n) is 6.91. The Bertz CT molecular complexity index is 1260. The molecule has 2 unspecified atom stereocenters. The Kier molecular flexibility index (Phi) is 7.49.